The standard InChI is InChI=1S/C18H24N2O3/c1-13-5-10-17(23-13)16(20(2)3)12-19-18(21)11-14-6-8-15(22-4)9-7-14/h5-10,16H,11-12H2,1-4H3,(H,19,21)/t16-/m0/s1. The highest BCUT2D eigenvalue weighted by atomic mass is 16.5. The Morgan fingerprint density at radius 2 is 1.91 bits per heavy atom. The monoisotopic (exact) mass is 316 g/mol. The molecular formula is C18H24N2O3. The van der Waals surface area contributed by atoms with Crippen molar-refractivity contribution in [2.75, 3.05) is 27.7 Å². The van der Waals surface area contributed by atoms with E-state index in [0.29, 0.717) is 13.0 Å². The summed E-state index contributed by atoms with van der Waals surface area (Å²) < 4.78 is 10.8. The van der Waals surface area contributed by atoms with Gasteiger partial charge in [0.1, 0.15) is 17.3 Å². The van der Waals surface area contributed by atoms with E-state index in [9.17, 15) is 4.79 Å². The van der Waals surface area contributed by atoms with Crippen LogP contribution in [0.3, 0.4) is 0 Å². The molecule has 124 valence electrons. The Bertz CT molecular complexity index is 632. The number of amides is 1. The summed E-state index contributed by atoms with van der Waals surface area (Å²) in [6.07, 6.45) is 0.349. The van der Waals surface area contributed by atoms with Crippen molar-refractivity contribution in [1.29, 1.82) is 0 Å². The van der Waals surface area contributed by atoms with Gasteiger partial charge in [-0.15, -0.1) is 0 Å². The van der Waals surface area contributed by atoms with Gasteiger partial charge in [0.05, 0.1) is 19.6 Å². The molecule has 1 amide bonds. The Hall–Kier alpha value is -2.27. The van der Waals surface area contributed by atoms with Crippen molar-refractivity contribution in [3.63, 3.8) is 0 Å². The van der Waals surface area contributed by atoms with E-state index >= 15 is 0 Å². The Kier molecular flexibility index (Phi) is 5.82. The predicted octanol–water partition coefficient (Wildman–Crippen LogP) is 2.56. The smallest absolute Gasteiger partial charge is 0.224 e. The molecule has 0 spiro atoms. The van der Waals surface area contributed by atoms with Crippen molar-refractivity contribution in [3.05, 3.63) is 53.5 Å². The summed E-state index contributed by atoms with van der Waals surface area (Å²) in [7, 11) is 5.57. The molecule has 1 aromatic carbocycles. The van der Waals surface area contributed by atoms with E-state index in [0.717, 1.165) is 22.8 Å². The summed E-state index contributed by atoms with van der Waals surface area (Å²) in [5.41, 5.74) is 0.957. The maximum Gasteiger partial charge on any atom is 0.224 e. The van der Waals surface area contributed by atoms with E-state index in [2.05, 4.69) is 5.32 Å². The van der Waals surface area contributed by atoms with Crippen LogP contribution in [0.5, 0.6) is 5.75 Å². The molecule has 0 aliphatic carbocycles. The number of likely N-dealkylation sites (N-methyl/N-ethyl adjacent to an activating group) is 1. The molecule has 23 heavy (non-hydrogen) atoms. The first-order valence-corrected chi connectivity index (χ1v) is 7.62. The van der Waals surface area contributed by atoms with Crippen molar-refractivity contribution < 1.29 is 13.9 Å². The van der Waals surface area contributed by atoms with Gasteiger partial charge < -0.3 is 14.5 Å². The van der Waals surface area contributed by atoms with Crippen molar-refractivity contribution in [3.8, 4) is 5.75 Å². The average Bonchev–Trinajstić information content (AvgIpc) is 2.94. The zero-order valence-electron chi connectivity index (χ0n) is 14.1. The van der Waals surface area contributed by atoms with Crippen LogP contribution in [0, 0.1) is 6.92 Å². The topological polar surface area (TPSA) is 54.7 Å². The van der Waals surface area contributed by atoms with Crippen LogP contribution < -0.4 is 10.1 Å². The van der Waals surface area contributed by atoms with E-state index in [4.69, 9.17) is 9.15 Å². The van der Waals surface area contributed by atoms with Crippen LogP contribution in [0.25, 0.3) is 0 Å². The molecular weight excluding hydrogens is 292 g/mol. The molecule has 0 radical (unpaired) electrons. The Labute approximate surface area is 137 Å². The first-order chi connectivity index (χ1) is 11.0. The van der Waals surface area contributed by atoms with Crippen molar-refractivity contribution in [1.82, 2.24) is 10.2 Å². The molecule has 0 saturated carbocycles. The molecule has 0 bridgehead atoms. The van der Waals surface area contributed by atoms with Gasteiger partial charge in [-0.2, -0.15) is 0 Å². The summed E-state index contributed by atoms with van der Waals surface area (Å²) in [5, 5.41) is 2.98. The van der Waals surface area contributed by atoms with E-state index in [1.54, 1.807) is 7.11 Å². The first-order valence-electron chi connectivity index (χ1n) is 7.62. The van der Waals surface area contributed by atoms with E-state index in [1.165, 1.54) is 0 Å². The molecule has 5 heteroatoms. The molecule has 0 saturated heterocycles. The molecule has 2 rings (SSSR count). The summed E-state index contributed by atoms with van der Waals surface area (Å²) in [4.78, 5) is 14.2. The van der Waals surface area contributed by atoms with Crippen molar-refractivity contribution in [2.24, 2.45) is 0 Å². The fourth-order valence-corrected chi connectivity index (χ4v) is 2.37. The third-order valence-electron chi connectivity index (χ3n) is 3.73. The van der Waals surface area contributed by atoms with Gasteiger partial charge in [-0.05, 0) is 50.8 Å². The number of carbonyl (C=O) groups is 1. The highest BCUT2D eigenvalue weighted by Crippen LogP contribution is 2.20. The molecule has 5 nitrogen and oxygen atoms in total. The number of aryl methyl sites for hydroxylation is 1. The molecule has 1 N–H and O–H groups in total. The van der Waals surface area contributed by atoms with Gasteiger partial charge in [0.25, 0.3) is 0 Å². The van der Waals surface area contributed by atoms with E-state index < -0.39 is 0 Å². The van der Waals surface area contributed by atoms with Crippen LogP contribution in [0.2, 0.25) is 0 Å². The molecule has 2 aromatic rings. The Balaban J connectivity index is 1.90. The number of furan rings is 1. The van der Waals surface area contributed by atoms with Gasteiger partial charge in [-0.1, -0.05) is 12.1 Å². The maximum atomic E-state index is 12.1. The third-order valence-corrected chi connectivity index (χ3v) is 3.73. The molecule has 0 unspecified atom stereocenters. The number of carbonyl (C=O) groups excluding carboxylic acids is 1. The van der Waals surface area contributed by atoms with E-state index in [-0.39, 0.29) is 11.9 Å². The van der Waals surface area contributed by atoms with Gasteiger partial charge in [-0.3, -0.25) is 9.69 Å². The van der Waals surface area contributed by atoms with Gasteiger partial charge in [0.2, 0.25) is 5.91 Å². The number of ether oxygens (including phenoxy) is 1. The van der Waals surface area contributed by atoms with Crippen molar-refractivity contribution in [2.45, 2.75) is 19.4 Å². The maximum absolute atomic E-state index is 12.1. The normalized spacial score (nSPS) is 12.2. The Morgan fingerprint density at radius 3 is 2.43 bits per heavy atom. The lowest BCUT2D eigenvalue weighted by Gasteiger charge is -2.22. The van der Waals surface area contributed by atoms with E-state index in [1.807, 2.05) is 62.3 Å². The molecule has 0 fully saturated rings. The molecule has 1 aromatic heterocycles. The summed E-state index contributed by atoms with van der Waals surface area (Å²) in [5.74, 6) is 2.51. The molecule has 0 aliphatic heterocycles. The molecule has 0 aliphatic rings. The first kappa shape index (κ1) is 17.1. The molecule has 1 heterocycles. The highest BCUT2D eigenvalue weighted by molar-refractivity contribution is 5.78. The minimum Gasteiger partial charge on any atom is -0.497 e. The van der Waals surface area contributed by atoms with Crippen LogP contribution in [-0.2, 0) is 11.2 Å². The van der Waals surface area contributed by atoms with Crippen LogP contribution in [0.15, 0.2) is 40.8 Å². The van der Waals surface area contributed by atoms with Gasteiger partial charge in [-0.25, -0.2) is 0 Å². The van der Waals surface area contributed by atoms with Crippen LogP contribution in [0.4, 0.5) is 0 Å². The SMILES string of the molecule is COc1ccc(CC(=O)NC[C@@H](c2ccc(C)o2)N(C)C)cc1. The van der Waals surface area contributed by atoms with Gasteiger partial charge >= 0.3 is 0 Å². The number of methoxy groups -OCH3 is 1. The van der Waals surface area contributed by atoms with Crippen LogP contribution >= 0.6 is 0 Å². The second-order valence-corrected chi connectivity index (χ2v) is 5.76. The quantitative estimate of drug-likeness (QED) is 0.853. The lowest BCUT2D eigenvalue weighted by atomic mass is 10.1. The predicted molar refractivity (Wildman–Crippen MR) is 89.6 cm³/mol. The van der Waals surface area contributed by atoms with Gasteiger partial charge in [0.15, 0.2) is 0 Å². The second-order valence-electron chi connectivity index (χ2n) is 5.76. The number of nitrogens with one attached hydrogen (secondary N) is 1. The highest BCUT2D eigenvalue weighted by Gasteiger charge is 2.18. The fourth-order valence-electron chi connectivity index (χ4n) is 2.37. The zero-order valence-corrected chi connectivity index (χ0v) is 14.1. The number of nitrogens with zero attached hydrogens (tertiary/aromatic N) is 1. The Morgan fingerprint density at radius 1 is 1.22 bits per heavy atom. The summed E-state index contributed by atoms with van der Waals surface area (Å²) in [6.45, 7) is 2.42. The van der Waals surface area contributed by atoms with Crippen molar-refractivity contribution >= 4 is 5.91 Å². The van der Waals surface area contributed by atoms with Gasteiger partial charge in [0, 0.05) is 6.54 Å². The second kappa shape index (κ2) is 7.83. The van der Waals surface area contributed by atoms with Crippen LogP contribution in [-0.4, -0.2) is 38.6 Å². The minimum absolute atomic E-state index is 0.00899. The number of rotatable bonds is 7. The number of hydrogen-bond acceptors (Lipinski definition) is 4. The molecule has 1 atom stereocenters. The largest absolute Gasteiger partial charge is 0.497 e. The fraction of sp³-hybridized carbons (Fsp3) is 0.389. The lowest BCUT2D eigenvalue weighted by Crippen LogP contribution is -2.35. The average molecular weight is 316 g/mol. The number of benzene rings is 1. The third kappa shape index (κ3) is 4.86. The minimum atomic E-state index is -0.00899. The zero-order chi connectivity index (χ0) is 16.8. The summed E-state index contributed by atoms with van der Waals surface area (Å²) >= 11 is 0. The lowest BCUT2D eigenvalue weighted by molar-refractivity contribution is -0.120. The van der Waals surface area contributed by atoms with Crippen LogP contribution in [0.1, 0.15) is 23.1 Å². The summed E-state index contributed by atoms with van der Waals surface area (Å²) in [6, 6.07) is 11.4. The number of hydrogen-bond donors (Lipinski definition) is 1.